The fourth-order valence-electron chi connectivity index (χ4n) is 4.57. The number of fused-ring (bicyclic) bond motifs is 1. The van der Waals surface area contributed by atoms with E-state index in [1.807, 2.05) is 36.5 Å². The number of ether oxygens (including phenoxy) is 1. The second-order valence-electron chi connectivity index (χ2n) is 8.73. The molecule has 0 radical (unpaired) electrons. The summed E-state index contributed by atoms with van der Waals surface area (Å²) in [6, 6.07) is 9.97. The van der Waals surface area contributed by atoms with Crippen molar-refractivity contribution in [3.8, 4) is 0 Å². The van der Waals surface area contributed by atoms with Gasteiger partial charge in [-0.15, -0.1) is 0 Å². The first-order valence-electron chi connectivity index (χ1n) is 11.4. The monoisotopic (exact) mass is 437 g/mol. The zero-order valence-electron chi connectivity index (χ0n) is 18.6. The van der Waals surface area contributed by atoms with E-state index >= 15 is 0 Å². The molecule has 1 N–H and O–H groups in total. The normalized spacial score (nSPS) is 18.2. The van der Waals surface area contributed by atoms with E-state index in [0.717, 1.165) is 36.1 Å². The van der Waals surface area contributed by atoms with Crippen LogP contribution in [-0.2, 0) is 35.5 Å². The zero-order chi connectivity index (χ0) is 22.5. The summed E-state index contributed by atoms with van der Waals surface area (Å²) in [5.41, 5.74) is 2.76. The van der Waals surface area contributed by atoms with Crippen molar-refractivity contribution in [2.24, 2.45) is 5.92 Å². The second-order valence-corrected chi connectivity index (χ2v) is 8.73. The molecule has 1 aromatic carbocycles. The number of hydrogen-bond acceptors (Lipinski definition) is 4. The van der Waals surface area contributed by atoms with Gasteiger partial charge < -0.3 is 19.5 Å². The molecule has 0 spiro atoms. The molecule has 1 unspecified atom stereocenters. The highest BCUT2D eigenvalue weighted by molar-refractivity contribution is 5.95. The highest BCUT2D eigenvalue weighted by atomic mass is 16.5. The Bertz CT molecular complexity index is 1030. The number of amides is 2. The Kier molecular flexibility index (Phi) is 7.05. The molecule has 1 fully saturated rings. The van der Waals surface area contributed by atoms with Crippen LogP contribution >= 0.6 is 0 Å². The van der Waals surface area contributed by atoms with Gasteiger partial charge in [0.15, 0.2) is 0 Å². The molecule has 1 atom stereocenters. The molecule has 2 aliphatic rings. The summed E-state index contributed by atoms with van der Waals surface area (Å²) in [4.78, 5) is 40.2. The van der Waals surface area contributed by atoms with Gasteiger partial charge >= 0.3 is 0 Å². The van der Waals surface area contributed by atoms with Crippen molar-refractivity contribution in [2.45, 2.75) is 45.7 Å². The van der Waals surface area contributed by atoms with Crippen molar-refractivity contribution in [1.29, 1.82) is 0 Å². The van der Waals surface area contributed by atoms with Gasteiger partial charge in [-0.2, -0.15) is 0 Å². The average molecular weight is 438 g/mol. The molecule has 7 nitrogen and oxygen atoms in total. The molecule has 2 aliphatic heterocycles. The van der Waals surface area contributed by atoms with Gasteiger partial charge in [0, 0.05) is 45.9 Å². The standard InChI is InChI=1S/C25H31N3O4/c1-18(29)27-12-10-22-21(15-27)16-28(11-9-19-6-3-2-4-7-19)25(31)23(22)24(30)26-14-20-8-5-13-32-17-20/h2-4,6-7,16,20H,5,8-15,17H2,1H3,(H,26,30). The Morgan fingerprint density at radius 2 is 2.03 bits per heavy atom. The Labute approximate surface area is 188 Å². The highest BCUT2D eigenvalue weighted by Gasteiger charge is 2.27. The molecule has 2 amide bonds. The lowest BCUT2D eigenvalue weighted by Crippen LogP contribution is -2.42. The maximum Gasteiger partial charge on any atom is 0.263 e. The van der Waals surface area contributed by atoms with E-state index in [2.05, 4.69) is 5.32 Å². The molecule has 0 saturated carbocycles. The van der Waals surface area contributed by atoms with E-state index in [9.17, 15) is 14.4 Å². The Balaban J connectivity index is 1.60. The summed E-state index contributed by atoms with van der Waals surface area (Å²) in [6.45, 7) is 4.89. The molecular formula is C25H31N3O4. The van der Waals surface area contributed by atoms with Gasteiger partial charge in [-0.25, -0.2) is 0 Å². The average Bonchev–Trinajstić information content (AvgIpc) is 2.82. The van der Waals surface area contributed by atoms with Crippen molar-refractivity contribution >= 4 is 11.8 Å². The second kappa shape index (κ2) is 10.1. The molecule has 7 heteroatoms. The molecule has 170 valence electrons. The smallest absolute Gasteiger partial charge is 0.263 e. The molecule has 0 aliphatic carbocycles. The fourth-order valence-corrected chi connectivity index (χ4v) is 4.57. The van der Waals surface area contributed by atoms with Crippen molar-refractivity contribution < 1.29 is 14.3 Å². The number of nitrogens with zero attached hydrogens (tertiary/aromatic N) is 2. The number of aryl methyl sites for hydroxylation is 2. The van der Waals surface area contributed by atoms with Gasteiger partial charge in [0.1, 0.15) is 5.56 Å². The number of pyridine rings is 1. The molecule has 32 heavy (non-hydrogen) atoms. The van der Waals surface area contributed by atoms with Crippen LogP contribution in [0.2, 0.25) is 0 Å². The third-order valence-corrected chi connectivity index (χ3v) is 6.43. The minimum Gasteiger partial charge on any atom is -0.381 e. The van der Waals surface area contributed by atoms with E-state index in [4.69, 9.17) is 4.74 Å². The third-order valence-electron chi connectivity index (χ3n) is 6.43. The van der Waals surface area contributed by atoms with Crippen LogP contribution in [0.15, 0.2) is 41.3 Å². The number of hydrogen-bond donors (Lipinski definition) is 1. The highest BCUT2D eigenvalue weighted by Crippen LogP contribution is 2.21. The lowest BCUT2D eigenvalue weighted by molar-refractivity contribution is -0.129. The number of rotatable bonds is 6. The lowest BCUT2D eigenvalue weighted by Gasteiger charge is -2.30. The maximum absolute atomic E-state index is 13.4. The van der Waals surface area contributed by atoms with Crippen LogP contribution in [-0.4, -0.2) is 47.6 Å². The van der Waals surface area contributed by atoms with Crippen LogP contribution in [0.3, 0.4) is 0 Å². The molecule has 2 aromatic rings. The molecule has 0 bridgehead atoms. The van der Waals surface area contributed by atoms with Gasteiger partial charge in [-0.3, -0.25) is 14.4 Å². The van der Waals surface area contributed by atoms with Crippen LogP contribution in [0, 0.1) is 5.92 Å². The zero-order valence-corrected chi connectivity index (χ0v) is 18.6. The van der Waals surface area contributed by atoms with Crippen LogP contribution < -0.4 is 10.9 Å². The summed E-state index contributed by atoms with van der Waals surface area (Å²) < 4.78 is 7.14. The topological polar surface area (TPSA) is 80.6 Å². The van der Waals surface area contributed by atoms with Crippen LogP contribution in [0.25, 0.3) is 0 Å². The van der Waals surface area contributed by atoms with Crippen molar-refractivity contribution in [2.75, 3.05) is 26.3 Å². The number of aromatic nitrogens is 1. The maximum atomic E-state index is 13.4. The predicted octanol–water partition coefficient (Wildman–Crippen LogP) is 2.15. The minimum atomic E-state index is -0.317. The summed E-state index contributed by atoms with van der Waals surface area (Å²) in [6.07, 6.45) is 5.05. The van der Waals surface area contributed by atoms with Crippen LogP contribution in [0.5, 0.6) is 0 Å². The van der Waals surface area contributed by atoms with Crippen LogP contribution in [0.1, 0.15) is 46.8 Å². The minimum absolute atomic E-state index is 0.000913. The SMILES string of the molecule is CC(=O)N1CCc2c(cn(CCc3ccccc3)c(=O)c2C(=O)NCC2CCCOC2)C1. The number of benzene rings is 1. The van der Waals surface area contributed by atoms with E-state index < -0.39 is 0 Å². The quantitative estimate of drug-likeness (QED) is 0.751. The molecular weight excluding hydrogens is 406 g/mol. The van der Waals surface area contributed by atoms with Gasteiger partial charge in [0.25, 0.3) is 11.5 Å². The first kappa shape index (κ1) is 22.3. The van der Waals surface area contributed by atoms with E-state index in [0.29, 0.717) is 45.6 Å². The Morgan fingerprint density at radius 1 is 1.22 bits per heavy atom. The molecule has 1 saturated heterocycles. The largest absolute Gasteiger partial charge is 0.381 e. The molecule has 3 heterocycles. The molecule has 1 aromatic heterocycles. The lowest BCUT2D eigenvalue weighted by atomic mass is 9.95. The Morgan fingerprint density at radius 3 is 2.75 bits per heavy atom. The Hall–Kier alpha value is -2.93. The summed E-state index contributed by atoms with van der Waals surface area (Å²) >= 11 is 0. The predicted molar refractivity (Wildman–Crippen MR) is 122 cm³/mol. The van der Waals surface area contributed by atoms with E-state index in [-0.39, 0.29) is 28.9 Å². The number of carbonyl (C=O) groups excluding carboxylic acids is 2. The first-order chi connectivity index (χ1) is 15.5. The van der Waals surface area contributed by atoms with Gasteiger partial charge in [0.2, 0.25) is 5.91 Å². The van der Waals surface area contributed by atoms with Crippen molar-refractivity contribution in [3.05, 3.63) is 69.1 Å². The third kappa shape index (κ3) is 5.10. The fraction of sp³-hybridized carbons (Fsp3) is 0.480. The van der Waals surface area contributed by atoms with Gasteiger partial charge in [-0.1, -0.05) is 30.3 Å². The summed E-state index contributed by atoms with van der Waals surface area (Å²) in [7, 11) is 0. The van der Waals surface area contributed by atoms with Gasteiger partial charge in [0.05, 0.1) is 6.61 Å². The van der Waals surface area contributed by atoms with Crippen molar-refractivity contribution in [3.63, 3.8) is 0 Å². The van der Waals surface area contributed by atoms with E-state index in [1.165, 1.54) is 0 Å². The molecule has 4 rings (SSSR count). The van der Waals surface area contributed by atoms with Crippen LogP contribution in [0.4, 0.5) is 0 Å². The van der Waals surface area contributed by atoms with Gasteiger partial charge in [-0.05, 0) is 48.3 Å². The summed E-state index contributed by atoms with van der Waals surface area (Å²) in [5, 5.41) is 2.98. The number of carbonyl (C=O) groups is 2. The first-order valence-corrected chi connectivity index (χ1v) is 11.4. The van der Waals surface area contributed by atoms with E-state index in [1.54, 1.807) is 16.4 Å². The number of nitrogens with one attached hydrogen (secondary N) is 1. The summed E-state index contributed by atoms with van der Waals surface area (Å²) in [5.74, 6) is -0.0381. The van der Waals surface area contributed by atoms with Crippen molar-refractivity contribution in [1.82, 2.24) is 14.8 Å².